The van der Waals surface area contributed by atoms with Crippen molar-refractivity contribution in [2.75, 3.05) is 7.05 Å². The van der Waals surface area contributed by atoms with Gasteiger partial charge in [0.2, 0.25) is 0 Å². The molecule has 2 atom stereocenters. The van der Waals surface area contributed by atoms with Crippen LogP contribution < -0.4 is 5.32 Å². The zero-order valence-corrected chi connectivity index (χ0v) is 11.6. The summed E-state index contributed by atoms with van der Waals surface area (Å²) in [6.07, 6.45) is 7.67. The molecule has 5 nitrogen and oxygen atoms in total. The highest BCUT2D eigenvalue weighted by molar-refractivity contribution is 5.75. The SMILES string of the molecule is CN(C(=O)NC1CCCC(C(=O)O)C1)C1CCCC1. The molecule has 19 heavy (non-hydrogen) atoms. The maximum Gasteiger partial charge on any atom is 0.317 e. The van der Waals surface area contributed by atoms with Gasteiger partial charge in [-0.2, -0.15) is 0 Å². The van der Waals surface area contributed by atoms with Gasteiger partial charge < -0.3 is 15.3 Å². The lowest BCUT2D eigenvalue weighted by atomic mass is 9.86. The van der Waals surface area contributed by atoms with Crippen LogP contribution in [-0.4, -0.2) is 41.1 Å². The number of amides is 2. The molecule has 0 aromatic heterocycles. The first kappa shape index (κ1) is 14.2. The predicted molar refractivity (Wildman–Crippen MR) is 71.9 cm³/mol. The Labute approximate surface area is 114 Å². The third kappa shape index (κ3) is 3.61. The maximum absolute atomic E-state index is 12.1. The molecule has 2 fully saturated rings. The van der Waals surface area contributed by atoms with Crippen LogP contribution in [0.25, 0.3) is 0 Å². The average Bonchev–Trinajstić information content (AvgIpc) is 2.92. The fourth-order valence-corrected chi connectivity index (χ4v) is 3.28. The standard InChI is InChI=1S/C14H24N2O3/c1-16(12-7-2-3-8-12)14(19)15-11-6-4-5-10(9-11)13(17)18/h10-12H,2-9H2,1H3,(H,15,19)(H,17,18). The van der Waals surface area contributed by atoms with E-state index in [1.54, 1.807) is 4.90 Å². The Morgan fingerprint density at radius 1 is 1.11 bits per heavy atom. The largest absolute Gasteiger partial charge is 0.481 e. The molecular formula is C14H24N2O3. The third-order valence-corrected chi connectivity index (χ3v) is 4.54. The van der Waals surface area contributed by atoms with Crippen LogP contribution in [0.3, 0.4) is 0 Å². The van der Waals surface area contributed by atoms with E-state index in [0.717, 1.165) is 32.1 Å². The van der Waals surface area contributed by atoms with Gasteiger partial charge in [-0.05, 0) is 32.1 Å². The van der Waals surface area contributed by atoms with E-state index in [1.165, 1.54) is 12.8 Å². The minimum absolute atomic E-state index is 0.0196. The number of rotatable bonds is 3. The molecule has 2 amide bonds. The maximum atomic E-state index is 12.1. The van der Waals surface area contributed by atoms with Crippen LogP contribution >= 0.6 is 0 Å². The van der Waals surface area contributed by atoms with Crippen molar-refractivity contribution in [2.24, 2.45) is 5.92 Å². The normalized spacial score (nSPS) is 28.1. The van der Waals surface area contributed by atoms with Crippen LogP contribution in [0.15, 0.2) is 0 Å². The highest BCUT2D eigenvalue weighted by Gasteiger charge is 2.30. The summed E-state index contributed by atoms with van der Waals surface area (Å²) in [7, 11) is 1.85. The number of aliphatic carboxylic acids is 1. The summed E-state index contributed by atoms with van der Waals surface area (Å²) in [5.74, 6) is -1.03. The smallest absolute Gasteiger partial charge is 0.317 e. The van der Waals surface area contributed by atoms with Crippen LogP contribution in [0.1, 0.15) is 51.4 Å². The van der Waals surface area contributed by atoms with Gasteiger partial charge in [0.25, 0.3) is 0 Å². The zero-order chi connectivity index (χ0) is 13.8. The lowest BCUT2D eigenvalue weighted by molar-refractivity contribution is -0.143. The summed E-state index contributed by atoms with van der Waals surface area (Å²) in [5.41, 5.74) is 0. The second-order valence-electron chi connectivity index (χ2n) is 5.90. The predicted octanol–water partition coefficient (Wildman–Crippen LogP) is 2.21. The molecule has 2 unspecified atom stereocenters. The second kappa shape index (κ2) is 6.26. The van der Waals surface area contributed by atoms with Gasteiger partial charge >= 0.3 is 12.0 Å². The molecule has 2 N–H and O–H groups in total. The molecular weight excluding hydrogens is 244 g/mol. The van der Waals surface area contributed by atoms with Crippen molar-refractivity contribution in [2.45, 2.75) is 63.5 Å². The van der Waals surface area contributed by atoms with Crippen LogP contribution in [-0.2, 0) is 4.79 Å². The Balaban J connectivity index is 1.82. The summed E-state index contributed by atoms with van der Waals surface area (Å²) in [6.45, 7) is 0. The second-order valence-corrected chi connectivity index (χ2v) is 5.90. The van der Waals surface area contributed by atoms with Crippen LogP contribution in [0.5, 0.6) is 0 Å². The summed E-state index contributed by atoms with van der Waals surface area (Å²) < 4.78 is 0. The first-order valence-corrected chi connectivity index (χ1v) is 7.34. The molecule has 0 aromatic rings. The van der Waals surface area contributed by atoms with Crippen molar-refractivity contribution in [3.05, 3.63) is 0 Å². The van der Waals surface area contributed by atoms with Gasteiger partial charge in [-0.3, -0.25) is 4.79 Å². The van der Waals surface area contributed by atoms with Crippen molar-refractivity contribution in [1.82, 2.24) is 10.2 Å². The van der Waals surface area contributed by atoms with E-state index >= 15 is 0 Å². The lowest BCUT2D eigenvalue weighted by Gasteiger charge is -2.31. The van der Waals surface area contributed by atoms with E-state index in [4.69, 9.17) is 5.11 Å². The minimum Gasteiger partial charge on any atom is -0.481 e. The number of carboxylic acids is 1. The highest BCUT2D eigenvalue weighted by atomic mass is 16.4. The summed E-state index contributed by atoms with van der Waals surface area (Å²) >= 11 is 0. The molecule has 0 saturated heterocycles. The van der Waals surface area contributed by atoms with Gasteiger partial charge in [0.1, 0.15) is 0 Å². The number of hydrogen-bond donors (Lipinski definition) is 2. The highest BCUT2D eigenvalue weighted by Crippen LogP contribution is 2.26. The number of nitrogens with one attached hydrogen (secondary N) is 1. The minimum atomic E-state index is -0.733. The van der Waals surface area contributed by atoms with E-state index in [2.05, 4.69) is 5.32 Å². The van der Waals surface area contributed by atoms with E-state index < -0.39 is 5.97 Å². The topological polar surface area (TPSA) is 69.6 Å². The Bertz CT molecular complexity index is 340. The molecule has 108 valence electrons. The molecule has 0 spiro atoms. The number of hydrogen-bond acceptors (Lipinski definition) is 2. The van der Waals surface area contributed by atoms with Crippen molar-refractivity contribution >= 4 is 12.0 Å². The van der Waals surface area contributed by atoms with Gasteiger partial charge in [-0.15, -0.1) is 0 Å². The van der Waals surface area contributed by atoms with Crippen molar-refractivity contribution < 1.29 is 14.7 Å². The fourth-order valence-electron chi connectivity index (χ4n) is 3.28. The summed E-state index contributed by atoms with van der Waals surface area (Å²) in [6, 6.07) is 0.341. The molecule has 0 aliphatic heterocycles. The monoisotopic (exact) mass is 268 g/mol. The average molecular weight is 268 g/mol. The Hall–Kier alpha value is -1.26. The van der Waals surface area contributed by atoms with E-state index in [-0.39, 0.29) is 18.0 Å². The molecule has 0 radical (unpaired) electrons. The zero-order valence-electron chi connectivity index (χ0n) is 11.6. The van der Waals surface area contributed by atoms with Gasteiger partial charge in [-0.1, -0.05) is 19.3 Å². The molecule has 2 saturated carbocycles. The number of nitrogens with zero attached hydrogens (tertiary/aromatic N) is 1. The molecule has 0 aromatic carbocycles. The van der Waals surface area contributed by atoms with E-state index in [0.29, 0.717) is 12.5 Å². The first-order chi connectivity index (χ1) is 9.08. The van der Waals surface area contributed by atoms with Crippen LogP contribution in [0.4, 0.5) is 4.79 Å². The number of urea groups is 1. The van der Waals surface area contributed by atoms with Gasteiger partial charge in [-0.25, -0.2) is 4.79 Å². The quantitative estimate of drug-likeness (QED) is 0.824. The molecule has 2 rings (SSSR count). The molecule has 0 bridgehead atoms. The van der Waals surface area contributed by atoms with Crippen molar-refractivity contribution in [3.63, 3.8) is 0 Å². The van der Waals surface area contributed by atoms with Crippen molar-refractivity contribution in [3.8, 4) is 0 Å². The number of carboxylic acid groups (broad SMARTS) is 1. The number of carbonyl (C=O) groups excluding carboxylic acids is 1. The van der Waals surface area contributed by atoms with Crippen LogP contribution in [0.2, 0.25) is 0 Å². The van der Waals surface area contributed by atoms with Gasteiger partial charge in [0.15, 0.2) is 0 Å². The Kier molecular flexibility index (Phi) is 4.66. The van der Waals surface area contributed by atoms with E-state index in [9.17, 15) is 9.59 Å². The Morgan fingerprint density at radius 2 is 1.79 bits per heavy atom. The van der Waals surface area contributed by atoms with Crippen molar-refractivity contribution in [1.29, 1.82) is 0 Å². The molecule has 2 aliphatic carbocycles. The summed E-state index contributed by atoms with van der Waals surface area (Å²) in [4.78, 5) is 25.0. The lowest BCUT2D eigenvalue weighted by Crippen LogP contribution is -2.48. The Morgan fingerprint density at radius 3 is 2.42 bits per heavy atom. The first-order valence-electron chi connectivity index (χ1n) is 7.34. The molecule has 5 heteroatoms. The van der Waals surface area contributed by atoms with Gasteiger partial charge in [0.05, 0.1) is 5.92 Å². The van der Waals surface area contributed by atoms with E-state index in [1.807, 2.05) is 7.05 Å². The molecule has 2 aliphatic rings. The van der Waals surface area contributed by atoms with Gasteiger partial charge in [0, 0.05) is 19.1 Å². The number of carbonyl (C=O) groups is 2. The third-order valence-electron chi connectivity index (χ3n) is 4.54. The van der Waals surface area contributed by atoms with Crippen LogP contribution in [0, 0.1) is 5.92 Å². The molecule has 0 heterocycles. The fraction of sp³-hybridized carbons (Fsp3) is 0.857. The summed E-state index contributed by atoms with van der Waals surface area (Å²) in [5, 5.41) is 12.1.